The molecule has 0 aliphatic rings. The Labute approximate surface area is 63.0 Å². The van der Waals surface area contributed by atoms with E-state index in [0.29, 0.717) is 0 Å². The summed E-state index contributed by atoms with van der Waals surface area (Å²) in [5, 5.41) is 0. The van der Waals surface area contributed by atoms with Gasteiger partial charge >= 0.3 is 0 Å². The quantitative estimate of drug-likeness (QED) is 0.568. The van der Waals surface area contributed by atoms with Crippen LogP contribution in [0.2, 0.25) is 0 Å². The lowest BCUT2D eigenvalue weighted by molar-refractivity contribution is 1.59. The SMILES string of the molecule is C.C=C(C)S/C(C)=C\C. The van der Waals surface area contributed by atoms with Crippen LogP contribution in [0.4, 0.5) is 0 Å². The maximum absolute atomic E-state index is 3.77. The molecule has 0 radical (unpaired) electrons. The van der Waals surface area contributed by atoms with E-state index >= 15 is 0 Å². The van der Waals surface area contributed by atoms with Crippen molar-refractivity contribution in [2.24, 2.45) is 0 Å². The van der Waals surface area contributed by atoms with Gasteiger partial charge in [0.05, 0.1) is 0 Å². The Morgan fingerprint density at radius 1 is 1.44 bits per heavy atom. The van der Waals surface area contributed by atoms with E-state index in [0.717, 1.165) is 4.91 Å². The number of hydrogen-bond donors (Lipinski definition) is 0. The Bertz CT molecular complexity index is 112. The molecule has 0 heterocycles. The van der Waals surface area contributed by atoms with Crippen LogP contribution >= 0.6 is 11.8 Å². The van der Waals surface area contributed by atoms with Gasteiger partial charge in [0.15, 0.2) is 0 Å². The molecule has 0 unspecified atom stereocenters. The second kappa shape index (κ2) is 5.96. The molecular formula is C8H16S. The van der Waals surface area contributed by atoms with Crippen molar-refractivity contribution >= 4 is 11.8 Å². The highest BCUT2D eigenvalue weighted by atomic mass is 32.2. The largest absolute Gasteiger partial charge is 0.101 e. The van der Waals surface area contributed by atoms with Crippen LogP contribution in [-0.4, -0.2) is 0 Å². The van der Waals surface area contributed by atoms with Crippen molar-refractivity contribution in [2.75, 3.05) is 0 Å². The molecule has 54 valence electrons. The lowest BCUT2D eigenvalue weighted by Crippen LogP contribution is -1.63. The van der Waals surface area contributed by atoms with Crippen molar-refractivity contribution in [3.63, 3.8) is 0 Å². The summed E-state index contributed by atoms with van der Waals surface area (Å²) in [4.78, 5) is 2.47. The summed E-state index contributed by atoms with van der Waals surface area (Å²) in [5.41, 5.74) is 0. The van der Waals surface area contributed by atoms with Gasteiger partial charge in [-0.15, -0.1) is 11.8 Å². The molecule has 0 amide bonds. The highest BCUT2D eigenvalue weighted by Gasteiger charge is 1.85. The van der Waals surface area contributed by atoms with Gasteiger partial charge in [0, 0.05) is 0 Å². The Balaban J connectivity index is 0. The molecule has 9 heavy (non-hydrogen) atoms. The fraction of sp³-hybridized carbons (Fsp3) is 0.500. The van der Waals surface area contributed by atoms with Crippen molar-refractivity contribution < 1.29 is 0 Å². The third kappa shape index (κ3) is 7.83. The first-order chi connectivity index (χ1) is 3.66. The van der Waals surface area contributed by atoms with Crippen molar-refractivity contribution in [3.8, 4) is 0 Å². The first-order valence-electron chi connectivity index (χ1n) is 2.63. The molecule has 0 bridgehead atoms. The monoisotopic (exact) mass is 144 g/mol. The Morgan fingerprint density at radius 2 is 1.89 bits per heavy atom. The Kier molecular flexibility index (Phi) is 7.68. The molecular weight excluding hydrogens is 128 g/mol. The molecule has 1 heteroatoms. The predicted molar refractivity (Wildman–Crippen MR) is 48.6 cm³/mol. The lowest BCUT2D eigenvalue weighted by atomic mass is 10.6. The number of thioether (sulfide) groups is 1. The van der Waals surface area contributed by atoms with Gasteiger partial charge in [-0.2, -0.15) is 0 Å². The molecule has 0 fully saturated rings. The lowest BCUT2D eigenvalue weighted by Gasteiger charge is -1.95. The predicted octanol–water partition coefficient (Wildman–Crippen LogP) is 3.81. The van der Waals surface area contributed by atoms with Crippen LogP contribution in [-0.2, 0) is 0 Å². The van der Waals surface area contributed by atoms with Gasteiger partial charge < -0.3 is 0 Å². The van der Waals surface area contributed by atoms with Gasteiger partial charge in [-0.05, 0) is 30.6 Å². The Morgan fingerprint density at radius 3 is 2.00 bits per heavy atom. The van der Waals surface area contributed by atoms with Crippen molar-refractivity contribution in [1.82, 2.24) is 0 Å². The van der Waals surface area contributed by atoms with Crippen LogP contribution in [0.1, 0.15) is 28.2 Å². The minimum Gasteiger partial charge on any atom is -0.101 e. The zero-order chi connectivity index (χ0) is 6.57. The van der Waals surface area contributed by atoms with Crippen LogP contribution in [0.25, 0.3) is 0 Å². The van der Waals surface area contributed by atoms with E-state index in [-0.39, 0.29) is 7.43 Å². The van der Waals surface area contributed by atoms with E-state index in [1.807, 2.05) is 13.8 Å². The second-order valence-electron chi connectivity index (χ2n) is 1.70. The molecule has 0 spiro atoms. The fourth-order valence-corrected chi connectivity index (χ4v) is 1.00. The molecule has 0 aromatic carbocycles. The molecule has 0 aliphatic carbocycles. The van der Waals surface area contributed by atoms with Gasteiger partial charge in [0.2, 0.25) is 0 Å². The van der Waals surface area contributed by atoms with Crippen LogP contribution in [0, 0.1) is 0 Å². The minimum atomic E-state index is 0. The van der Waals surface area contributed by atoms with Crippen LogP contribution in [0.15, 0.2) is 22.5 Å². The molecule has 0 nitrogen and oxygen atoms in total. The zero-order valence-corrected chi connectivity index (χ0v) is 6.51. The van der Waals surface area contributed by atoms with Gasteiger partial charge in [-0.1, -0.05) is 20.1 Å². The van der Waals surface area contributed by atoms with E-state index in [1.54, 1.807) is 11.8 Å². The standard InChI is InChI=1S/C7H12S.CH4/c1-5-7(4)8-6(2)3;/h5H,2H2,1,3-4H3;1H4/b7-5-;. The molecule has 0 saturated carbocycles. The van der Waals surface area contributed by atoms with Crippen LogP contribution in [0.3, 0.4) is 0 Å². The summed E-state index contributed by atoms with van der Waals surface area (Å²) in [6.07, 6.45) is 2.08. The highest BCUT2D eigenvalue weighted by molar-refractivity contribution is 8.06. The third-order valence-corrected chi connectivity index (χ3v) is 1.65. The normalized spacial score (nSPS) is 10.3. The molecule has 0 atom stereocenters. The maximum Gasteiger partial charge on any atom is -0.0180 e. The van der Waals surface area contributed by atoms with E-state index < -0.39 is 0 Å². The van der Waals surface area contributed by atoms with Gasteiger partial charge in [-0.25, -0.2) is 0 Å². The van der Waals surface area contributed by atoms with Crippen molar-refractivity contribution in [1.29, 1.82) is 0 Å². The minimum absolute atomic E-state index is 0. The summed E-state index contributed by atoms with van der Waals surface area (Å²) in [5.74, 6) is 0. The molecule has 0 aromatic heterocycles. The number of rotatable bonds is 2. The van der Waals surface area contributed by atoms with E-state index in [2.05, 4.69) is 19.6 Å². The van der Waals surface area contributed by atoms with E-state index in [1.165, 1.54) is 4.91 Å². The molecule has 0 saturated heterocycles. The topological polar surface area (TPSA) is 0 Å². The zero-order valence-electron chi connectivity index (χ0n) is 5.69. The molecule has 0 rings (SSSR count). The first-order valence-corrected chi connectivity index (χ1v) is 3.44. The fourth-order valence-electron chi connectivity index (χ4n) is 0.334. The summed E-state index contributed by atoms with van der Waals surface area (Å²) >= 11 is 1.72. The smallest absolute Gasteiger partial charge is 0.0180 e. The van der Waals surface area contributed by atoms with Crippen molar-refractivity contribution in [3.05, 3.63) is 22.5 Å². The number of hydrogen-bond acceptors (Lipinski definition) is 1. The summed E-state index contributed by atoms with van der Waals surface area (Å²) in [7, 11) is 0. The van der Waals surface area contributed by atoms with Crippen molar-refractivity contribution in [2.45, 2.75) is 28.2 Å². The third-order valence-electron chi connectivity index (χ3n) is 0.742. The molecule has 0 aromatic rings. The van der Waals surface area contributed by atoms with Crippen LogP contribution in [0.5, 0.6) is 0 Å². The summed E-state index contributed by atoms with van der Waals surface area (Å²) in [6, 6.07) is 0. The van der Waals surface area contributed by atoms with Crippen LogP contribution < -0.4 is 0 Å². The summed E-state index contributed by atoms with van der Waals surface area (Å²) < 4.78 is 0. The average molecular weight is 144 g/mol. The maximum atomic E-state index is 3.77. The van der Waals surface area contributed by atoms with Gasteiger partial charge in [0.25, 0.3) is 0 Å². The number of allylic oxidation sites excluding steroid dienone is 3. The van der Waals surface area contributed by atoms with E-state index in [4.69, 9.17) is 0 Å². The van der Waals surface area contributed by atoms with Gasteiger partial charge in [-0.3, -0.25) is 0 Å². The Hall–Kier alpha value is -0.170. The average Bonchev–Trinajstić information content (AvgIpc) is 1.65. The molecule has 0 aliphatic heterocycles. The first kappa shape index (κ1) is 11.6. The molecule has 0 N–H and O–H groups in total. The second-order valence-corrected chi connectivity index (χ2v) is 3.25. The highest BCUT2D eigenvalue weighted by Crippen LogP contribution is 2.21. The van der Waals surface area contributed by atoms with E-state index in [9.17, 15) is 0 Å². The van der Waals surface area contributed by atoms with Gasteiger partial charge in [0.1, 0.15) is 0 Å². The summed E-state index contributed by atoms with van der Waals surface area (Å²) in [6.45, 7) is 9.89.